The molecule has 0 bridgehead atoms. The average molecular weight is 268 g/mol. The quantitative estimate of drug-likeness (QED) is 0.847. The van der Waals surface area contributed by atoms with Crippen molar-refractivity contribution in [2.24, 2.45) is 0 Å². The molecule has 3 heteroatoms. The van der Waals surface area contributed by atoms with Gasteiger partial charge in [0.15, 0.2) is 5.78 Å². The van der Waals surface area contributed by atoms with Crippen LogP contribution in [0.2, 0.25) is 0 Å². The second-order valence-corrected chi connectivity index (χ2v) is 5.02. The Bertz CT molecular complexity index is 585. The smallest absolute Gasteiger partial charge is 0.195 e. The van der Waals surface area contributed by atoms with Crippen LogP contribution in [0.1, 0.15) is 34.9 Å². The lowest BCUT2D eigenvalue weighted by atomic mass is 10.00. The van der Waals surface area contributed by atoms with Gasteiger partial charge in [-0.25, -0.2) is 0 Å². The van der Waals surface area contributed by atoms with Crippen LogP contribution in [0.4, 0.5) is 0 Å². The highest BCUT2D eigenvalue weighted by molar-refractivity contribution is 5.99. The number of carbonyl (C=O) groups is 1. The van der Waals surface area contributed by atoms with E-state index in [0.29, 0.717) is 17.2 Å². The van der Waals surface area contributed by atoms with Crippen LogP contribution >= 0.6 is 0 Å². The summed E-state index contributed by atoms with van der Waals surface area (Å²) in [6, 6.07) is 15.9. The first-order valence-electron chi connectivity index (χ1n) is 6.78. The zero-order valence-corrected chi connectivity index (χ0v) is 11.0. The Hall–Kier alpha value is -2.13. The molecular formula is C17H16O3. The zero-order chi connectivity index (χ0) is 13.9. The van der Waals surface area contributed by atoms with Crippen LogP contribution in [-0.4, -0.2) is 17.0 Å². The van der Waals surface area contributed by atoms with Crippen molar-refractivity contribution in [2.75, 3.05) is 0 Å². The third kappa shape index (κ3) is 2.89. The van der Waals surface area contributed by atoms with Crippen LogP contribution in [0.3, 0.4) is 0 Å². The number of rotatable bonds is 5. The predicted molar refractivity (Wildman–Crippen MR) is 75.8 cm³/mol. The van der Waals surface area contributed by atoms with E-state index in [1.807, 2.05) is 6.07 Å². The summed E-state index contributed by atoms with van der Waals surface area (Å²) in [5.41, 5.74) is 1.10. The molecule has 1 aliphatic carbocycles. The molecule has 0 heterocycles. The number of aliphatic hydroxyl groups is 1. The van der Waals surface area contributed by atoms with Gasteiger partial charge in [-0.1, -0.05) is 30.3 Å². The number of hydrogen-bond donors (Lipinski definition) is 1. The summed E-state index contributed by atoms with van der Waals surface area (Å²) in [6.45, 7) is 0. The van der Waals surface area contributed by atoms with Gasteiger partial charge in [-0.05, 0) is 42.7 Å². The first-order valence-corrected chi connectivity index (χ1v) is 6.78. The first-order chi connectivity index (χ1) is 9.74. The second kappa shape index (κ2) is 5.47. The Labute approximate surface area is 117 Å². The average Bonchev–Trinajstić information content (AvgIpc) is 3.31. The Balaban J connectivity index is 1.72. The van der Waals surface area contributed by atoms with Crippen molar-refractivity contribution in [1.29, 1.82) is 0 Å². The molecule has 1 N–H and O–H groups in total. The van der Waals surface area contributed by atoms with E-state index in [9.17, 15) is 9.90 Å². The van der Waals surface area contributed by atoms with Gasteiger partial charge < -0.3 is 9.84 Å². The Kier molecular flexibility index (Phi) is 3.52. The van der Waals surface area contributed by atoms with Gasteiger partial charge >= 0.3 is 0 Å². The minimum atomic E-state index is -1.12. The van der Waals surface area contributed by atoms with Crippen molar-refractivity contribution in [3.63, 3.8) is 0 Å². The molecule has 0 spiro atoms. The van der Waals surface area contributed by atoms with Crippen LogP contribution in [0, 0.1) is 0 Å². The number of Topliss-reactive ketones (excluding diaryl/α,β-unsaturated/α-hetero) is 1. The summed E-state index contributed by atoms with van der Waals surface area (Å²) in [4.78, 5) is 12.2. The van der Waals surface area contributed by atoms with E-state index in [2.05, 4.69) is 0 Å². The SMILES string of the molecule is O=C(c1ccc(OC2CC2)cc1)C(O)c1ccccc1. The fourth-order valence-electron chi connectivity index (χ4n) is 2.02. The fourth-order valence-corrected chi connectivity index (χ4v) is 2.02. The van der Waals surface area contributed by atoms with Crippen molar-refractivity contribution in [2.45, 2.75) is 25.0 Å². The molecule has 1 aliphatic rings. The standard InChI is InChI=1S/C17H16O3/c18-16(12-4-2-1-3-5-12)17(19)13-6-8-14(9-7-13)20-15-10-11-15/h1-9,15-16,18H,10-11H2. The number of ether oxygens (including phenoxy) is 1. The maximum Gasteiger partial charge on any atom is 0.195 e. The Morgan fingerprint density at radius 2 is 1.70 bits per heavy atom. The number of benzene rings is 2. The number of hydrogen-bond acceptors (Lipinski definition) is 3. The number of aliphatic hydroxyl groups excluding tert-OH is 1. The van der Waals surface area contributed by atoms with Gasteiger partial charge in [-0.2, -0.15) is 0 Å². The van der Waals surface area contributed by atoms with Crippen molar-refractivity contribution in [3.8, 4) is 5.75 Å². The maximum atomic E-state index is 12.2. The van der Waals surface area contributed by atoms with E-state index in [0.717, 1.165) is 18.6 Å². The first kappa shape index (κ1) is 12.9. The third-order valence-corrected chi connectivity index (χ3v) is 3.33. The lowest BCUT2D eigenvalue weighted by Gasteiger charge is -2.10. The topological polar surface area (TPSA) is 46.5 Å². The minimum Gasteiger partial charge on any atom is -0.490 e. The predicted octanol–water partition coefficient (Wildman–Crippen LogP) is 3.14. The molecule has 102 valence electrons. The second-order valence-electron chi connectivity index (χ2n) is 5.02. The molecule has 1 unspecified atom stereocenters. The molecule has 2 aromatic rings. The molecule has 0 aromatic heterocycles. The molecule has 3 rings (SSSR count). The largest absolute Gasteiger partial charge is 0.490 e. The highest BCUT2D eigenvalue weighted by atomic mass is 16.5. The van der Waals surface area contributed by atoms with E-state index < -0.39 is 6.10 Å². The molecule has 1 fully saturated rings. The highest BCUT2D eigenvalue weighted by Gasteiger charge is 2.24. The third-order valence-electron chi connectivity index (χ3n) is 3.33. The molecule has 0 amide bonds. The molecule has 1 saturated carbocycles. The van der Waals surface area contributed by atoms with Gasteiger partial charge in [0.25, 0.3) is 0 Å². The Morgan fingerprint density at radius 1 is 1.05 bits per heavy atom. The summed E-state index contributed by atoms with van der Waals surface area (Å²) < 4.78 is 5.63. The number of carbonyl (C=O) groups excluding carboxylic acids is 1. The van der Waals surface area contributed by atoms with Crippen LogP contribution in [0.5, 0.6) is 5.75 Å². The summed E-state index contributed by atoms with van der Waals surface area (Å²) in [7, 11) is 0. The lowest BCUT2D eigenvalue weighted by molar-refractivity contribution is 0.0747. The minimum absolute atomic E-state index is 0.297. The van der Waals surface area contributed by atoms with Gasteiger partial charge in [0.05, 0.1) is 6.10 Å². The van der Waals surface area contributed by atoms with Gasteiger partial charge in [0.1, 0.15) is 11.9 Å². The molecular weight excluding hydrogens is 252 g/mol. The molecule has 2 aromatic carbocycles. The van der Waals surface area contributed by atoms with Crippen molar-refractivity contribution in [1.82, 2.24) is 0 Å². The number of ketones is 1. The van der Waals surface area contributed by atoms with E-state index >= 15 is 0 Å². The lowest BCUT2D eigenvalue weighted by Crippen LogP contribution is -2.12. The summed E-state index contributed by atoms with van der Waals surface area (Å²) in [6.07, 6.45) is 1.43. The fraction of sp³-hybridized carbons (Fsp3) is 0.235. The molecule has 20 heavy (non-hydrogen) atoms. The van der Waals surface area contributed by atoms with Gasteiger partial charge in [0.2, 0.25) is 0 Å². The van der Waals surface area contributed by atoms with Crippen LogP contribution in [0.15, 0.2) is 54.6 Å². The van der Waals surface area contributed by atoms with Gasteiger partial charge in [-0.3, -0.25) is 4.79 Å². The highest BCUT2D eigenvalue weighted by Crippen LogP contribution is 2.27. The molecule has 3 nitrogen and oxygen atoms in total. The van der Waals surface area contributed by atoms with E-state index in [-0.39, 0.29) is 5.78 Å². The molecule has 0 aliphatic heterocycles. The van der Waals surface area contributed by atoms with Crippen LogP contribution < -0.4 is 4.74 Å². The molecule has 0 saturated heterocycles. The van der Waals surface area contributed by atoms with E-state index in [1.165, 1.54) is 0 Å². The van der Waals surface area contributed by atoms with E-state index in [4.69, 9.17) is 4.74 Å². The summed E-state index contributed by atoms with van der Waals surface area (Å²) in [5, 5.41) is 10.1. The normalized spacial score (nSPS) is 15.7. The zero-order valence-electron chi connectivity index (χ0n) is 11.0. The maximum absolute atomic E-state index is 12.2. The summed E-state index contributed by atoms with van der Waals surface area (Å²) >= 11 is 0. The van der Waals surface area contributed by atoms with Gasteiger partial charge in [0, 0.05) is 5.56 Å². The monoisotopic (exact) mass is 268 g/mol. The van der Waals surface area contributed by atoms with Crippen LogP contribution in [-0.2, 0) is 0 Å². The van der Waals surface area contributed by atoms with Crippen LogP contribution in [0.25, 0.3) is 0 Å². The summed E-state index contributed by atoms with van der Waals surface area (Å²) in [5.74, 6) is 0.479. The van der Waals surface area contributed by atoms with Crippen molar-refractivity contribution >= 4 is 5.78 Å². The van der Waals surface area contributed by atoms with Gasteiger partial charge in [-0.15, -0.1) is 0 Å². The van der Waals surface area contributed by atoms with Crippen molar-refractivity contribution < 1.29 is 14.6 Å². The van der Waals surface area contributed by atoms with Crippen molar-refractivity contribution in [3.05, 3.63) is 65.7 Å². The molecule has 1 atom stereocenters. The Morgan fingerprint density at radius 3 is 2.30 bits per heavy atom. The molecule has 0 radical (unpaired) electrons. The van der Waals surface area contributed by atoms with E-state index in [1.54, 1.807) is 48.5 Å².